The van der Waals surface area contributed by atoms with Crippen LogP contribution in [0.2, 0.25) is 0 Å². The third kappa shape index (κ3) is 3.10. The molecule has 1 aliphatic heterocycles. The van der Waals surface area contributed by atoms with E-state index in [0.717, 1.165) is 16.8 Å². The Balaban J connectivity index is 1.90. The molecule has 2 aromatic rings. The number of methoxy groups -OCH3 is 1. The molecule has 0 spiro atoms. The molecule has 0 fully saturated rings. The molecule has 126 valence electrons. The van der Waals surface area contributed by atoms with E-state index in [9.17, 15) is 14.3 Å². The van der Waals surface area contributed by atoms with Crippen molar-refractivity contribution in [2.24, 2.45) is 0 Å². The monoisotopic (exact) mass is 330 g/mol. The average Bonchev–Trinajstić information content (AvgIpc) is 2.56. The molecule has 2 heterocycles. The summed E-state index contributed by atoms with van der Waals surface area (Å²) in [4.78, 5) is 17.8. The maximum atomic E-state index is 14.0. The van der Waals surface area contributed by atoms with Gasteiger partial charge in [-0.1, -0.05) is 18.2 Å². The van der Waals surface area contributed by atoms with E-state index < -0.39 is 12.0 Å². The Morgan fingerprint density at radius 2 is 2.21 bits per heavy atom. The number of aromatic nitrogens is 1. The highest BCUT2D eigenvalue weighted by atomic mass is 19.1. The third-order valence-electron chi connectivity index (χ3n) is 4.46. The van der Waals surface area contributed by atoms with Gasteiger partial charge in [-0.3, -0.25) is 9.69 Å². The van der Waals surface area contributed by atoms with E-state index in [1.165, 1.54) is 6.07 Å². The highest BCUT2D eigenvalue weighted by molar-refractivity contribution is 5.74. The second-order valence-electron chi connectivity index (χ2n) is 5.94. The van der Waals surface area contributed by atoms with Crippen molar-refractivity contribution in [3.05, 3.63) is 58.5 Å². The third-order valence-corrected chi connectivity index (χ3v) is 4.46. The summed E-state index contributed by atoms with van der Waals surface area (Å²) in [5.41, 5.74) is 3.07. The first-order valence-corrected chi connectivity index (χ1v) is 7.73. The van der Waals surface area contributed by atoms with Gasteiger partial charge in [-0.05, 0) is 29.7 Å². The number of carbonyl (C=O) groups is 1. The zero-order valence-electron chi connectivity index (χ0n) is 13.6. The molecule has 0 bridgehead atoms. The van der Waals surface area contributed by atoms with Crippen LogP contribution in [0.15, 0.2) is 30.3 Å². The number of carboxylic acids is 1. The highest BCUT2D eigenvalue weighted by Gasteiger charge is 2.33. The SMILES string of the molecule is COc1ccc(CN2Cc3cccc(F)c3CC2C(=O)O)c(C)n1. The van der Waals surface area contributed by atoms with Gasteiger partial charge in [-0.25, -0.2) is 9.37 Å². The number of hydrogen-bond donors (Lipinski definition) is 1. The Labute approximate surface area is 139 Å². The van der Waals surface area contributed by atoms with Crippen molar-refractivity contribution in [1.82, 2.24) is 9.88 Å². The van der Waals surface area contributed by atoms with Crippen LogP contribution in [-0.2, 0) is 24.3 Å². The molecule has 1 atom stereocenters. The van der Waals surface area contributed by atoms with Crippen molar-refractivity contribution in [3.63, 3.8) is 0 Å². The molecule has 1 aromatic heterocycles. The van der Waals surface area contributed by atoms with Crippen LogP contribution in [0.25, 0.3) is 0 Å². The predicted octanol–water partition coefficient (Wildman–Crippen LogP) is 2.55. The first kappa shape index (κ1) is 16.4. The van der Waals surface area contributed by atoms with E-state index in [2.05, 4.69) is 4.98 Å². The molecular formula is C18H19FN2O3. The van der Waals surface area contributed by atoms with E-state index >= 15 is 0 Å². The number of ether oxygens (including phenoxy) is 1. The maximum absolute atomic E-state index is 14.0. The van der Waals surface area contributed by atoms with Gasteiger partial charge in [-0.2, -0.15) is 0 Å². The van der Waals surface area contributed by atoms with E-state index in [0.29, 0.717) is 24.5 Å². The van der Waals surface area contributed by atoms with Crippen molar-refractivity contribution in [2.75, 3.05) is 7.11 Å². The fraction of sp³-hybridized carbons (Fsp3) is 0.333. The van der Waals surface area contributed by atoms with E-state index in [1.54, 1.807) is 19.2 Å². The van der Waals surface area contributed by atoms with Gasteiger partial charge in [0.2, 0.25) is 5.88 Å². The lowest BCUT2D eigenvalue weighted by Gasteiger charge is -2.34. The number of carboxylic acid groups (broad SMARTS) is 1. The predicted molar refractivity (Wildman–Crippen MR) is 86.3 cm³/mol. The van der Waals surface area contributed by atoms with Gasteiger partial charge in [0.15, 0.2) is 0 Å². The summed E-state index contributed by atoms with van der Waals surface area (Å²) in [5.74, 6) is -0.749. The molecule has 0 radical (unpaired) electrons. The molecule has 0 saturated carbocycles. The van der Waals surface area contributed by atoms with Gasteiger partial charge in [0.05, 0.1) is 7.11 Å². The minimum atomic E-state index is -0.942. The molecule has 0 saturated heterocycles. The number of pyridine rings is 1. The van der Waals surface area contributed by atoms with Gasteiger partial charge < -0.3 is 9.84 Å². The largest absolute Gasteiger partial charge is 0.481 e. The minimum absolute atomic E-state index is 0.167. The lowest BCUT2D eigenvalue weighted by atomic mass is 9.93. The smallest absolute Gasteiger partial charge is 0.321 e. The second-order valence-corrected chi connectivity index (χ2v) is 5.94. The summed E-state index contributed by atoms with van der Waals surface area (Å²) in [6.45, 7) is 2.70. The van der Waals surface area contributed by atoms with Crippen LogP contribution in [0, 0.1) is 12.7 Å². The van der Waals surface area contributed by atoms with E-state index in [-0.39, 0.29) is 12.2 Å². The molecular weight excluding hydrogens is 311 g/mol. The number of aliphatic carboxylic acids is 1. The zero-order chi connectivity index (χ0) is 17.3. The fourth-order valence-electron chi connectivity index (χ4n) is 3.11. The van der Waals surface area contributed by atoms with Crippen molar-refractivity contribution in [1.29, 1.82) is 0 Å². The van der Waals surface area contributed by atoms with Gasteiger partial charge in [-0.15, -0.1) is 0 Å². The number of halogens is 1. The number of fused-ring (bicyclic) bond motifs is 1. The summed E-state index contributed by atoms with van der Waals surface area (Å²) in [5, 5.41) is 9.55. The molecule has 1 aromatic carbocycles. The summed E-state index contributed by atoms with van der Waals surface area (Å²) in [7, 11) is 1.55. The molecule has 0 aliphatic carbocycles. The molecule has 1 unspecified atom stereocenters. The first-order valence-electron chi connectivity index (χ1n) is 7.73. The van der Waals surface area contributed by atoms with Crippen LogP contribution in [0.1, 0.15) is 22.4 Å². The molecule has 1 aliphatic rings. The molecule has 5 nitrogen and oxygen atoms in total. The van der Waals surface area contributed by atoms with Crippen LogP contribution < -0.4 is 4.74 Å². The maximum Gasteiger partial charge on any atom is 0.321 e. The van der Waals surface area contributed by atoms with Crippen LogP contribution in [0.3, 0.4) is 0 Å². The topological polar surface area (TPSA) is 62.7 Å². The normalized spacial score (nSPS) is 17.4. The molecule has 6 heteroatoms. The number of nitrogens with zero attached hydrogens (tertiary/aromatic N) is 2. The molecule has 0 amide bonds. The number of benzene rings is 1. The lowest BCUT2D eigenvalue weighted by molar-refractivity contribution is -0.144. The standard InChI is InChI=1S/C18H19FN2O3/c1-11-12(6-7-17(20-11)24-2)9-21-10-13-4-3-5-15(19)14(13)8-16(21)18(22)23/h3-7,16H,8-10H2,1-2H3,(H,22,23). The summed E-state index contributed by atoms with van der Waals surface area (Å²) < 4.78 is 19.1. The second kappa shape index (κ2) is 6.57. The molecule has 24 heavy (non-hydrogen) atoms. The van der Waals surface area contributed by atoms with Crippen molar-refractivity contribution < 1.29 is 19.0 Å². The Kier molecular flexibility index (Phi) is 4.49. The Bertz CT molecular complexity index is 779. The molecule has 3 rings (SSSR count). The van der Waals surface area contributed by atoms with Crippen LogP contribution in [0.5, 0.6) is 5.88 Å². The molecule has 1 N–H and O–H groups in total. The number of aryl methyl sites for hydroxylation is 1. The van der Waals surface area contributed by atoms with Gasteiger partial charge >= 0.3 is 5.97 Å². The van der Waals surface area contributed by atoms with Crippen molar-refractivity contribution in [3.8, 4) is 5.88 Å². The van der Waals surface area contributed by atoms with Crippen LogP contribution in [-0.4, -0.2) is 34.1 Å². The Morgan fingerprint density at radius 3 is 2.88 bits per heavy atom. The zero-order valence-corrected chi connectivity index (χ0v) is 13.6. The van der Waals surface area contributed by atoms with Crippen LogP contribution in [0.4, 0.5) is 4.39 Å². The van der Waals surface area contributed by atoms with Gasteiger partial charge in [0.25, 0.3) is 0 Å². The summed E-state index contributed by atoms with van der Waals surface area (Å²) in [6.07, 6.45) is 0.167. The fourth-order valence-corrected chi connectivity index (χ4v) is 3.11. The summed E-state index contributed by atoms with van der Waals surface area (Å²) >= 11 is 0. The quantitative estimate of drug-likeness (QED) is 0.933. The number of rotatable bonds is 4. The van der Waals surface area contributed by atoms with Crippen molar-refractivity contribution >= 4 is 5.97 Å². The first-order chi connectivity index (χ1) is 11.5. The van der Waals surface area contributed by atoms with Gasteiger partial charge in [0.1, 0.15) is 11.9 Å². The summed E-state index contributed by atoms with van der Waals surface area (Å²) in [6, 6.07) is 7.79. The lowest BCUT2D eigenvalue weighted by Crippen LogP contribution is -2.45. The Morgan fingerprint density at radius 1 is 1.42 bits per heavy atom. The van der Waals surface area contributed by atoms with E-state index in [1.807, 2.05) is 24.0 Å². The van der Waals surface area contributed by atoms with Crippen LogP contribution >= 0.6 is 0 Å². The van der Waals surface area contributed by atoms with Crippen molar-refractivity contribution in [2.45, 2.75) is 32.5 Å². The van der Waals surface area contributed by atoms with Gasteiger partial charge in [0, 0.05) is 31.3 Å². The number of hydrogen-bond acceptors (Lipinski definition) is 4. The highest BCUT2D eigenvalue weighted by Crippen LogP contribution is 2.28. The average molecular weight is 330 g/mol. The Hall–Kier alpha value is -2.47. The minimum Gasteiger partial charge on any atom is -0.481 e. The van der Waals surface area contributed by atoms with E-state index in [4.69, 9.17) is 4.74 Å².